The van der Waals surface area contributed by atoms with Crippen molar-refractivity contribution < 1.29 is 55.9 Å². The predicted octanol–water partition coefficient (Wildman–Crippen LogP) is -1.56. The van der Waals surface area contributed by atoms with Crippen LogP contribution in [0.5, 0.6) is 0 Å². The van der Waals surface area contributed by atoms with Gasteiger partial charge in [0.25, 0.3) is 0 Å². The maximum Gasteiger partial charge on any atom is 0.490 e. The minimum atomic E-state index is -5.62. The van der Waals surface area contributed by atoms with E-state index in [1.807, 2.05) is 0 Å². The van der Waals surface area contributed by atoms with Gasteiger partial charge in [-0.25, -0.2) is 23.5 Å². The molecule has 0 bridgehead atoms. The molecule has 0 radical (unpaired) electrons. The first-order chi connectivity index (χ1) is 12.3. The van der Waals surface area contributed by atoms with Crippen LogP contribution in [0.1, 0.15) is 6.23 Å². The molecule has 1 fully saturated rings. The van der Waals surface area contributed by atoms with Gasteiger partial charge in [0, 0.05) is 0 Å². The van der Waals surface area contributed by atoms with E-state index in [2.05, 4.69) is 23.1 Å². The molecule has 4 atom stereocenters. The lowest BCUT2D eigenvalue weighted by Gasteiger charge is -2.17. The predicted molar refractivity (Wildman–Crippen MR) is 80.4 cm³/mol. The van der Waals surface area contributed by atoms with Gasteiger partial charge in [-0.2, -0.15) is 13.6 Å². The molecule has 6 N–H and O–H groups in total. The van der Waals surface area contributed by atoms with Gasteiger partial charge in [0.1, 0.15) is 12.9 Å². The summed E-state index contributed by atoms with van der Waals surface area (Å²) >= 11 is 0. The Balaban J connectivity index is 1.91. The zero-order chi connectivity index (χ0) is 20.5. The van der Waals surface area contributed by atoms with Crippen LogP contribution in [0.2, 0.25) is 0 Å². The molecule has 1 saturated heterocycles. The summed E-state index contributed by atoms with van der Waals surface area (Å²) in [5.41, 5.74) is 4.43. The highest BCUT2D eigenvalue weighted by molar-refractivity contribution is 7.66. The molecule has 0 saturated carbocycles. The first-order valence-corrected chi connectivity index (χ1v) is 11.0. The molecule has 2 rings (SSSR count). The van der Waals surface area contributed by atoms with Crippen LogP contribution in [0.15, 0.2) is 11.1 Å². The number of anilines is 1. The fourth-order valence-corrected chi connectivity index (χ4v) is 4.69. The fourth-order valence-electron chi connectivity index (χ4n) is 1.69. The van der Waals surface area contributed by atoms with E-state index in [-0.39, 0.29) is 12.6 Å². The SMILES string of the molecule is Nc1ncn([C@@H]2CO[C@H](COP(=O)(O)OP(=O)(O)OP(=O)(O)O)O2)c(=O)n1. The Morgan fingerprint density at radius 2 is 1.89 bits per heavy atom. The van der Waals surface area contributed by atoms with Crippen LogP contribution in [0.25, 0.3) is 0 Å². The Hall–Kier alpha value is -1.06. The highest BCUT2D eigenvalue weighted by atomic mass is 31.3. The summed E-state index contributed by atoms with van der Waals surface area (Å²) in [6.45, 7) is -1.04. The first-order valence-electron chi connectivity index (χ1n) is 6.52. The number of aromatic nitrogens is 3. The topological polar surface area (TPSA) is 252 Å². The van der Waals surface area contributed by atoms with Crippen molar-refractivity contribution in [2.24, 2.45) is 0 Å². The van der Waals surface area contributed by atoms with E-state index in [1.54, 1.807) is 0 Å². The van der Waals surface area contributed by atoms with E-state index in [0.29, 0.717) is 0 Å². The van der Waals surface area contributed by atoms with E-state index in [1.165, 1.54) is 0 Å². The average molecular weight is 454 g/mol. The molecule has 20 heteroatoms. The average Bonchev–Trinajstić information content (AvgIpc) is 2.90. The lowest BCUT2D eigenvalue weighted by molar-refractivity contribution is -0.0975. The molecule has 2 unspecified atom stereocenters. The second-order valence-corrected chi connectivity index (χ2v) is 9.06. The third kappa shape index (κ3) is 7.12. The summed E-state index contributed by atoms with van der Waals surface area (Å²) in [6.07, 6.45) is -1.31. The van der Waals surface area contributed by atoms with E-state index < -0.39 is 48.3 Å². The van der Waals surface area contributed by atoms with Crippen LogP contribution in [0.4, 0.5) is 5.95 Å². The van der Waals surface area contributed by atoms with Crippen LogP contribution in [0, 0.1) is 0 Å². The Kier molecular flexibility index (Phi) is 6.69. The number of hydrogen-bond acceptors (Lipinski definition) is 12. The van der Waals surface area contributed by atoms with Crippen molar-refractivity contribution in [3.8, 4) is 0 Å². The Bertz CT molecular complexity index is 883. The highest BCUT2D eigenvalue weighted by Gasteiger charge is 2.41. The van der Waals surface area contributed by atoms with Crippen molar-refractivity contribution in [2.75, 3.05) is 18.9 Å². The zero-order valence-electron chi connectivity index (χ0n) is 12.9. The number of ether oxygens (including phenoxy) is 2. The van der Waals surface area contributed by atoms with E-state index in [0.717, 1.165) is 10.9 Å². The minimum Gasteiger partial charge on any atom is -0.368 e. The maximum absolute atomic E-state index is 11.6. The van der Waals surface area contributed by atoms with Crippen LogP contribution >= 0.6 is 23.5 Å². The Morgan fingerprint density at radius 3 is 2.48 bits per heavy atom. The standard InChI is InChI=1S/C7H13N4O13P3/c8-6-9-3-11(7(12)10-6)4-1-20-5(22-4)2-21-26(16,17)24-27(18,19)23-25(13,14)15/h3-5H,1-2H2,(H,16,17)(H,18,19)(H2,8,10,12)(H2,13,14,15)/t4-,5-/m0/s1. The lowest BCUT2D eigenvalue weighted by atomic mass is 10.6. The first kappa shape index (κ1) is 22.2. The zero-order valence-corrected chi connectivity index (χ0v) is 15.6. The van der Waals surface area contributed by atoms with Gasteiger partial charge in [0.2, 0.25) is 5.95 Å². The van der Waals surface area contributed by atoms with Gasteiger partial charge < -0.3 is 34.8 Å². The molecule has 1 aliphatic rings. The number of hydrogen-bond donors (Lipinski definition) is 5. The summed E-state index contributed by atoms with van der Waals surface area (Å²) < 4.78 is 55.8. The van der Waals surface area contributed by atoms with Gasteiger partial charge in [-0.05, 0) is 0 Å². The molecule has 0 spiro atoms. The third-order valence-corrected chi connectivity index (χ3v) is 6.38. The third-order valence-electron chi connectivity index (χ3n) is 2.58. The summed E-state index contributed by atoms with van der Waals surface area (Å²) in [4.78, 5) is 53.7. The van der Waals surface area contributed by atoms with Gasteiger partial charge in [0.05, 0.1) is 6.61 Å². The maximum atomic E-state index is 11.6. The van der Waals surface area contributed by atoms with Crippen LogP contribution in [-0.4, -0.2) is 53.6 Å². The molecular weight excluding hydrogens is 441 g/mol. The lowest BCUT2D eigenvalue weighted by Crippen LogP contribution is -2.29. The van der Waals surface area contributed by atoms with Crippen molar-refractivity contribution in [1.29, 1.82) is 0 Å². The molecule has 1 aromatic heterocycles. The van der Waals surface area contributed by atoms with Crippen molar-refractivity contribution in [3.05, 3.63) is 16.8 Å². The molecule has 2 heterocycles. The summed E-state index contributed by atoms with van der Waals surface area (Å²) in [5.74, 6) is -0.264. The van der Waals surface area contributed by atoms with E-state index in [4.69, 9.17) is 29.9 Å². The van der Waals surface area contributed by atoms with Gasteiger partial charge in [-0.3, -0.25) is 9.09 Å². The van der Waals surface area contributed by atoms with Crippen LogP contribution in [-0.2, 0) is 36.3 Å². The molecule has 27 heavy (non-hydrogen) atoms. The monoisotopic (exact) mass is 454 g/mol. The van der Waals surface area contributed by atoms with Crippen molar-refractivity contribution in [3.63, 3.8) is 0 Å². The van der Waals surface area contributed by atoms with Gasteiger partial charge in [-0.15, -0.1) is 0 Å². The second-order valence-electron chi connectivity index (χ2n) is 4.64. The Morgan fingerprint density at radius 1 is 1.22 bits per heavy atom. The van der Waals surface area contributed by atoms with E-state index >= 15 is 0 Å². The summed E-state index contributed by atoms with van der Waals surface area (Å²) in [7, 11) is -16.4. The normalized spacial score (nSPS) is 25.0. The number of nitrogen functional groups attached to an aromatic ring is 1. The highest BCUT2D eigenvalue weighted by Crippen LogP contribution is 2.66. The number of rotatable bonds is 8. The van der Waals surface area contributed by atoms with Crippen LogP contribution < -0.4 is 11.4 Å². The summed E-state index contributed by atoms with van der Waals surface area (Å²) in [5, 5.41) is 0. The molecule has 1 aliphatic heterocycles. The minimum absolute atomic E-state index is 0.211. The molecular formula is C7H13N4O13P3. The van der Waals surface area contributed by atoms with Gasteiger partial charge in [-0.1, -0.05) is 0 Å². The smallest absolute Gasteiger partial charge is 0.368 e. The largest absolute Gasteiger partial charge is 0.490 e. The van der Waals surface area contributed by atoms with Crippen LogP contribution in [0.3, 0.4) is 0 Å². The molecule has 154 valence electrons. The van der Waals surface area contributed by atoms with Crippen molar-refractivity contribution >= 4 is 29.4 Å². The van der Waals surface area contributed by atoms with E-state index in [9.17, 15) is 23.4 Å². The second kappa shape index (κ2) is 8.13. The van der Waals surface area contributed by atoms with Gasteiger partial charge >= 0.3 is 29.2 Å². The molecule has 0 aliphatic carbocycles. The number of phosphoric ester groups is 1. The quantitative estimate of drug-likeness (QED) is 0.278. The molecule has 17 nitrogen and oxygen atoms in total. The number of phosphoric acid groups is 3. The number of nitrogens with two attached hydrogens (primary N) is 1. The molecule has 1 aromatic rings. The molecule has 0 amide bonds. The van der Waals surface area contributed by atoms with Gasteiger partial charge in [0.15, 0.2) is 12.5 Å². The molecule has 0 aromatic carbocycles. The fraction of sp³-hybridized carbons (Fsp3) is 0.571. The summed E-state index contributed by atoms with van der Waals surface area (Å²) in [6, 6.07) is 0. The number of nitrogens with zero attached hydrogens (tertiary/aromatic N) is 3. The van der Waals surface area contributed by atoms with Crippen molar-refractivity contribution in [2.45, 2.75) is 12.5 Å². The Labute approximate surface area is 149 Å². The van der Waals surface area contributed by atoms with Crippen molar-refractivity contribution in [1.82, 2.24) is 14.5 Å².